The molecule has 0 unspecified atom stereocenters. The van der Waals surface area contributed by atoms with Crippen LogP contribution in [0.5, 0.6) is 0 Å². The van der Waals surface area contributed by atoms with E-state index in [-0.39, 0.29) is 38.5 Å². The van der Waals surface area contributed by atoms with E-state index in [9.17, 15) is 4.79 Å². The van der Waals surface area contributed by atoms with Crippen molar-refractivity contribution in [2.75, 3.05) is 0 Å². The quantitative estimate of drug-likeness (QED) is 0.166. The van der Waals surface area contributed by atoms with Gasteiger partial charge in [-0.05, 0) is 69.7 Å². The molecule has 0 amide bonds. The van der Waals surface area contributed by atoms with Gasteiger partial charge in [0.2, 0.25) is 0 Å². The molecule has 1 nitrogen and oxygen atoms in total. The number of ketones is 1. The van der Waals surface area contributed by atoms with Crippen LogP contribution in [-0.2, 0) is 32.7 Å². The molecule has 0 saturated carbocycles. The summed E-state index contributed by atoms with van der Waals surface area (Å²) >= 11 is 1.61. The van der Waals surface area contributed by atoms with Crippen LogP contribution in [0.4, 0.5) is 0 Å². The molecular weight excluding hydrogens is 497 g/mol. The van der Waals surface area contributed by atoms with Crippen molar-refractivity contribution in [3.8, 4) is 0 Å². The first-order chi connectivity index (χ1) is 15.0. The third-order valence-electron chi connectivity index (χ3n) is 2.98. The Labute approximate surface area is 235 Å². The van der Waals surface area contributed by atoms with E-state index in [0.717, 1.165) is 15.4 Å². The average Bonchev–Trinajstić information content (AvgIpc) is 2.74. The van der Waals surface area contributed by atoms with Crippen molar-refractivity contribution in [1.29, 1.82) is 0 Å². The molecule has 0 saturated heterocycles. The van der Waals surface area contributed by atoms with Crippen molar-refractivity contribution in [3.63, 3.8) is 0 Å². The van der Waals surface area contributed by atoms with E-state index in [0.29, 0.717) is 0 Å². The van der Waals surface area contributed by atoms with Crippen LogP contribution in [0.1, 0.15) is 70.0 Å². The third-order valence-corrected chi connectivity index (χ3v) is 3.83. The molecule has 0 heterocycles. The van der Waals surface area contributed by atoms with E-state index in [1.54, 1.807) is 25.6 Å². The SMILES string of the molecule is C=C.C=C(C)C.C=C(C)Sc1ccc(C(C)=O)cc1.C=[C-]C.CC.Cc1ccccc1C.[Y]. The summed E-state index contributed by atoms with van der Waals surface area (Å²) in [4.78, 5) is 13.1. The van der Waals surface area contributed by atoms with Crippen LogP contribution < -0.4 is 0 Å². The molecule has 0 aromatic heterocycles. The van der Waals surface area contributed by atoms with Crippen LogP contribution in [0.2, 0.25) is 0 Å². The average molecular weight is 543 g/mol. The molecule has 0 aliphatic carbocycles. The topological polar surface area (TPSA) is 17.1 Å². The summed E-state index contributed by atoms with van der Waals surface area (Å²) in [5, 5.41) is 0. The molecule has 0 spiro atoms. The van der Waals surface area contributed by atoms with Gasteiger partial charge in [-0.3, -0.25) is 11.4 Å². The van der Waals surface area contributed by atoms with Crippen molar-refractivity contribution in [2.24, 2.45) is 0 Å². The Hall–Kier alpha value is -1.48. The number of benzene rings is 2. The fraction of sp³-hybridized carbons (Fsp3) is 0.300. The normalized spacial score (nSPS) is 7.55. The summed E-state index contributed by atoms with van der Waals surface area (Å²) in [6.45, 7) is 34.1. The predicted molar refractivity (Wildman–Crippen MR) is 151 cm³/mol. The largest absolute Gasteiger partial charge is 0.507 e. The second-order valence-corrected chi connectivity index (χ2v) is 7.90. The summed E-state index contributed by atoms with van der Waals surface area (Å²) in [5.74, 6) is 0.104. The molecule has 181 valence electrons. The molecule has 2 aromatic carbocycles. The minimum Gasteiger partial charge on any atom is -0.507 e. The standard InChI is InChI=1S/C11H12OS.C8H10.C4H8.C3H5.C2H6.C2H4.Y/c1-8(2)13-11-6-4-10(5-7-11)9(3)12;1-7-5-3-4-6-8(7)2;1-4(2)3;1-3-2;2*1-2;/h4-7H,1H2,2-3H3;3-6H,1-2H3;1H2,2-3H3;1H2,2H3;1-2H3;1-2H2;/q;;;-1;;;. The van der Waals surface area contributed by atoms with Crippen molar-refractivity contribution in [3.05, 3.63) is 115 Å². The molecule has 0 aliphatic heterocycles. The summed E-state index contributed by atoms with van der Waals surface area (Å²) in [5.41, 5.74) is 4.66. The monoisotopic (exact) mass is 542 g/mol. The fourth-order valence-corrected chi connectivity index (χ4v) is 2.30. The third kappa shape index (κ3) is 32.8. The van der Waals surface area contributed by atoms with Gasteiger partial charge in [-0.2, -0.15) is 6.92 Å². The number of thioether (sulfide) groups is 1. The molecule has 0 fully saturated rings. The Kier molecular flexibility index (Phi) is 38.6. The minimum atomic E-state index is 0. The van der Waals surface area contributed by atoms with E-state index in [1.807, 2.05) is 58.9 Å². The zero-order valence-electron chi connectivity index (χ0n) is 22.5. The Balaban J connectivity index is -0.000000112. The number of carbonyl (C=O) groups is 1. The number of carbonyl (C=O) groups excluding carboxylic acids is 1. The van der Waals surface area contributed by atoms with Crippen LogP contribution in [0, 0.1) is 19.9 Å². The van der Waals surface area contributed by atoms with Gasteiger partial charge in [-0.1, -0.05) is 74.2 Å². The van der Waals surface area contributed by atoms with Crippen LogP contribution in [-0.4, -0.2) is 5.78 Å². The van der Waals surface area contributed by atoms with E-state index in [2.05, 4.69) is 77.1 Å². The number of Topliss-reactive ketones (excluding diaryl/α,β-unsaturated/α-hetero) is 1. The van der Waals surface area contributed by atoms with Crippen molar-refractivity contribution in [2.45, 2.75) is 67.2 Å². The van der Waals surface area contributed by atoms with Crippen molar-refractivity contribution < 1.29 is 37.5 Å². The van der Waals surface area contributed by atoms with Gasteiger partial charge in [0.15, 0.2) is 5.78 Å². The zero-order chi connectivity index (χ0) is 26.1. The Morgan fingerprint density at radius 1 is 0.818 bits per heavy atom. The predicted octanol–water partition coefficient (Wildman–Crippen LogP) is 10.2. The van der Waals surface area contributed by atoms with E-state index >= 15 is 0 Å². The molecule has 3 heteroatoms. The van der Waals surface area contributed by atoms with Gasteiger partial charge >= 0.3 is 0 Å². The molecule has 2 aromatic rings. The molecular formula is C30H45OSY-. The molecule has 2 rings (SSSR count). The van der Waals surface area contributed by atoms with Gasteiger partial charge in [0.25, 0.3) is 0 Å². The Bertz CT molecular complexity index is 736. The van der Waals surface area contributed by atoms with Crippen LogP contribution in [0.3, 0.4) is 0 Å². The number of hydrogen-bond donors (Lipinski definition) is 0. The van der Waals surface area contributed by atoms with Gasteiger partial charge in [0.1, 0.15) is 0 Å². The molecule has 0 bridgehead atoms. The molecule has 0 N–H and O–H groups in total. The fourth-order valence-electron chi connectivity index (χ4n) is 1.62. The maximum absolute atomic E-state index is 11.0. The van der Waals surface area contributed by atoms with Crippen molar-refractivity contribution >= 4 is 17.5 Å². The first-order valence-electron chi connectivity index (χ1n) is 10.6. The van der Waals surface area contributed by atoms with Gasteiger partial charge in [-0.25, -0.2) is 0 Å². The number of rotatable bonds is 3. The van der Waals surface area contributed by atoms with Gasteiger partial charge in [-0.15, -0.1) is 19.7 Å². The second-order valence-electron chi connectivity index (χ2n) is 6.53. The maximum atomic E-state index is 11.0. The molecule has 33 heavy (non-hydrogen) atoms. The van der Waals surface area contributed by atoms with Crippen LogP contribution in [0.15, 0.2) is 96.8 Å². The van der Waals surface area contributed by atoms with E-state index in [4.69, 9.17) is 0 Å². The number of hydrogen-bond acceptors (Lipinski definition) is 2. The second kappa shape index (κ2) is 30.5. The Morgan fingerprint density at radius 3 is 1.33 bits per heavy atom. The minimum absolute atomic E-state index is 0. The summed E-state index contributed by atoms with van der Waals surface area (Å²) in [6, 6.07) is 15.9. The number of aryl methyl sites for hydroxylation is 2. The summed E-state index contributed by atoms with van der Waals surface area (Å²) in [6.07, 6.45) is 2.50. The smallest absolute Gasteiger partial charge is 0.159 e. The van der Waals surface area contributed by atoms with Gasteiger partial charge in [0, 0.05) is 43.2 Å². The summed E-state index contributed by atoms with van der Waals surface area (Å²) in [7, 11) is 0. The number of allylic oxidation sites excluding steroid dienone is 3. The molecule has 0 atom stereocenters. The van der Waals surface area contributed by atoms with E-state index in [1.165, 1.54) is 16.7 Å². The zero-order valence-corrected chi connectivity index (χ0v) is 26.2. The van der Waals surface area contributed by atoms with E-state index < -0.39 is 0 Å². The molecule has 1 radical (unpaired) electrons. The van der Waals surface area contributed by atoms with Crippen molar-refractivity contribution in [1.82, 2.24) is 0 Å². The van der Waals surface area contributed by atoms with Gasteiger partial charge < -0.3 is 6.08 Å². The first kappa shape index (κ1) is 41.7. The maximum Gasteiger partial charge on any atom is 0.159 e. The first-order valence-corrected chi connectivity index (χ1v) is 11.4. The van der Waals surface area contributed by atoms with Gasteiger partial charge in [0.05, 0.1) is 0 Å². The molecule has 0 aliphatic rings. The summed E-state index contributed by atoms with van der Waals surface area (Å²) < 4.78 is 0. The van der Waals surface area contributed by atoms with Crippen LogP contribution in [0.25, 0.3) is 0 Å². The Morgan fingerprint density at radius 2 is 1.12 bits per heavy atom. The van der Waals surface area contributed by atoms with Crippen LogP contribution >= 0.6 is 11.8 Å².